The number of H-pyrrole nitrogens is 2. The maximum Gasteiger partial charge on any atom is 0.161 e. The van der Waals surface area contributed by atoms with Crippen molar-refractivity contribution in [1.82, 2.24) is 45.2 Å². The fraction of sp³-hybridized carbons (Fsp3) is 0.114. The maximum absolute atomic E-state index is 14.7. The molecule has 11 heteroatoms. The van der Waals surface area contributed by atoms with Crippen LogP contribution in [-0.2, 0) is 19.6 Å². The Morgan fingerprint density at radius 1 is 0.761 bits per heavy atom. The van der Waals surface area contributed by atoms with Crippen LogP contribution in [0.5, 0.6) is 0 Å². The number of nitrogens with zero attached hydrogens (tertiary/aromatic N) is 5. The highest BCUT2D eigenvalue weighted by Crippen LogP contribution is 2.32. The lowest BCUT2D eigenvalue weighted by molar-refractivity contribution is 0.625. The molecule has 0 unspecified atom stereocenters. The largest absolute Gasteiger partial charge is 0.335 e. The van der Waals surface area contributed by atoms with Gasteiger partial charge in [0.2, 0.25) is 0 Å². The van der Waals surface area contributed by atoms with E-state index in [0.717, 1.165) is 34.4 Å². The van der Waals surface area contributed by atoms with Gasteiger partial charge in [-0.3, -0.25) is 19.8 Å². The minimum Gasteiger partial charge on any atom is -0.335 e. The van der Waals surface area contributed by atoms with Crippen LogP contribution in [0.3, 0.4) is 0 Å². The van der Waals surface area contributed by atoms with Crippen molar-refractivity contribution in [2.45, 2.75) is 19.6 Å². The molecule has 9 nitrogen and oxygen atoms in total. The summed E-state index contributed by atoms with van der Waals surface area (Å²) in [7, 11) is -1.45. The SMILES string of the molecule is C=S(=C)(C)NCc1cc(F)cc(-c2cncc3[nH]c(-c4n[nH]c5ccc(-c6cncc(CNCc7ccccc7)c6)nc45)nc23)c1. The van der Waals surface area contributed by atoms with Gasteiger partial charge < -0.3 is 10.3 Å². The summed E-state index contributed by atoms with van der Waals surface area (Å²) < 4.78 is 18.0. The number of fused-ring (bicyclic) bond motifs is 2. The molecule has 0 fully saturated rings. The van der Waals surface area contributed by atoms with Crippen molar-refractivity contribution in [3.8, 4) is 33.9 Å². The van der Waals surface area contributed by atoms with Crippen LogP contribution < -0.4 is 10.0 Å². The normalized spacial score (nSPS) is 11.9. The van der Waals surface area contributed by atoms with Crippen LogP contribution in [0.15, 0.2) is 91.5 Å². The fourth-order valence-electron chi connectivity index (χ4n) is 5.32. The first-order valence-electron chi connectivity index (χ1n) is 14.7. The van der Waals surface area contributed by atoms with E-state index in [1.54, 1.807) is 12.4 Å². The van der Waals surface area contributed by atoms with E-state index in [1.807, 2.05) is 55.0 Å². The van der Waals surface area contributed by atoms with Crippen molar-refractivity contribution < 1.29 is 4.39 Å². The molecule has 0 radical (unpaired) electrons. The predicted octanol–water partition coefficient (Wildman–Crippen LogP) is 6.36. The molecule has 0 saturated heterocycles. The van der Waals surface area contributed by atoms with E-state index in [2.05, 4.69) is 65.1 Å². The van der Waals surface area contributed by atoms with Crippen molar-refractivity contribution in [3.63, 3.8) is 0 Å². The topological polar surface area (TPSA) is 120 Å². The molecule has 5 aromatic heterocycles. The standard InChI is InChI=1S/C35H32FN9S/c1-46(2,3)40-18-23-11-25(14-27(36)13-23)28-20-39-21-31-32(28)43-35(42-31)34-33-30(44-45-34)10-9-29(41-33)26-12-24(17-38-19-26)16-37-15-22-7-5-4-6-8-22/h4-14,17,19-21,37,40H,1-2,15-16,18H2,3H3,(H,42,43)(H,44,45). The van der Waals surface area contributed by atoms with Gasteiger partial charge in [-0.15, -0.1) is 0 Å². The molecule has 5 heterocycles. The Hall–Kier alpha value is -5.23. The highest BCUT2D eigenvalue weighted by atomic mass is 32.2. The van der Waals surface area contributed by atoms with Gasteiger partial charge in [-0.1, -0.05) is 42.1 Å². The molecule has 2 aromatic carbocycles. The summed E-state index contributed by atoms with van der Waals surface area (Å²) in [6.07, 6.45) is 9.02. The Labute approximate surface area is 266 Å². The smallest absolute Gasteiger partial charge is 0.161 e. The lowest BCUT2D eigenvalue weighted by Crippen LogP contribution is -2.12. The van der Waals surface area contributed by atoms with Crippen LogP contribution in [0.1, 0.15) is 16.7 Å². The predicted molar refractivity (Wildman–Crippen MR) is 187 cm³/mol. The number of imidazole rings is 1. The Kier molecular flexibility index (Phi) is 7.87. The number of nitrogens with one attached hydrogen (secondary N) is 4. The molecule has 0 aliphatic carbocycles. The highest BCUT2D eigenvalue weighted by Gasteiger charge is 2.18. The van der Waals surface area contributed by atoms with E-state index >= 15 is 0 Å². The minimum absolute atomic E-state index is 0.340. The second kappa shape index (κ2) is 12.3. The number of hydrogen-bond acceptors (Lipinski definition) is 7. The quantitative estimate of drug-likeness (QED) is 0.130. The first-order chi connectivity index (χ1) is 22.3. The third kappa shape index (κ3) is 6.43. The summed E-state index contributed by atoms with van der Waals surface area (Å²) in [6, 6.07) is 21.2. The average Bonchev–Trinajstić information content (AvgIpc) is 3.68. The van der Waals surface area contributed by atoms with E-state index in [1.165, 1.54) is 17.7 Å². The Bertz CT molecular complexity index is 2290. The molecule has 0 aliphatic heterocycles. The monoisotopic (exact) mass is 629 g/mol. The van der Waals surface area contributed by atoms with Gasteiger partial charge in [0.15, 0.2) is 11.5 Å². The molecular formula is C35H32FN9S. The lowest BCUT2D eigenvalue weighted by atomic mass is 10.0. The Morgan fingerprint density at radius 2 is 1.57 bits per heavy atom. The number of hydrogen-bond donors (Lipinski definition) is 4. The molecule has 0 bridgehead atoms. The van der Waals surface area contributed by atoms with E-state index in [-0.39, 0.29) is 5.82 Å². The molecule has 0 amide bonds. The molecule has 230 valence electrons. The maximum atomic E-state index is 14.7. The molecule has 7 aromatic rings. The summed E-state index contributed by atoms with van der Waals surface area (Å²) in [5, 5.41) is 11.1. The number of aromatic nitrogens is 7. The molecule has 4 N–H and O–H groups in total. The van der Waals surface area contributed by atoms with Crippen LogP contribution in [0, 0.1) is 5.82 Å². The summed E-state index contributed by atoms with van der Waals surface area (Å²) in [5.41, 5.74) is 9.52. The third-order valence-corrected chi connectivity index (χ3v) is 8.35. The fourth-order valence-corrected chi connectivity index (χ4v) is 5.83. The van der Waals surface area contributed by atoms with Gasteiger partial charge in [0.25, 0.3) is 0 Å². The molecule has 46 heavy (non-hydrogen) atoms. The Balaban J connectivity index is 1.19. The molecule has 0 spiro atoms. The van der Waals surface area contributed by atoms with Crippen molar-refractivity contribution in [3.05, 3.63) is 114 Å². The van der Waals surface area contributed by atoms with Crippen LogP contribution in [0.2, 0.25) is 0 Å². The summed E-state index contributed by atoms with van der Waals surface area (Å²) in [6.45, 7) is 1.90. The second-order valence-electron chi connectivity index (χ2n) is 11.4. The van der Waals surface area contributed by atoms with Crippen molar-refractivity contribution in [1.29, 1.82) is 0 Å². The zero-order valence-corrected chi connectivity index (χ0v) is 26.0. The number of rotatable bonds is 10. The van der Waals surface area contributed by atoms with Gasteiger partial charge in [-0.2, -0.15) is 14.5 Å². The van der Waals surface area contributed by atoms with Gasteiger partial charge in [0, 0.05) is 49.4 Å². The van der Waals surface area contributed by atoms with Crippen LogP contribution in [0.25, 0.3) is 56.0 Å². The number of pyridine rings is 3. The zero-order valence-electron chi connectivity index (χ0n) is 25.2. The average molecular weight is 630 g/mol. The molecular weight excluding hydrogens is 598 g/mol. The Morgan fingerprint density at radius 3 is 2.41 bits per heavy atom. The second-order valence-corrected chi connectivity index (χ2v) is 14.3. The van der Waals surface area contributed by atoms with Crippen molar-refractivity contribution in [2.24, 2.45) is 0 Å². The number of aromatic amines is 2. The van der Waals surface area contributed by atoms with Gasteiger partial charge in [-0.25, -0.2) is 14.4 Å². The summed E-state index contributed by atoms with van der Waals surface area (Å²) >= 11 is 0. The van der Waals surface area contributed by atoms with E-state index < -0.39 is 9.39 Å². The molecule has 0 saturated carbocycles. The molecule has 7 rings (SSSR count). The van der Waals surface area contributed by atoms with Crippen molar-refractivity contribution in [2.75, 3.05) is 6.26 Å². The van der Waals surface area contributed by atoms with Crippen LogP contribution >= 0.6 is 9.39 Å². The zero-order chi connectivity index (χ0) is 31.7. The van der Waals surface area contributed by atoms with Crippen molar-refractivity contribution >= 4 is 43.2 Å². The van der Waals surface area contributed by atoms with Gasteiger partial charge in [0.05, 0.1) is 28.4 Å². The van der Waals surface area contributed by atoms with E-state index in [0.29, 0.717) is 52.3 Å². The van der Waals surface area contributed by atoms with Crippen LogP contribution in [-0.4, -0.2) is 53.1 Å². The van der Waals surface area contributed by atoms with E-state index in [4.69, 9.17) is 9.97 Å². The van der Waals surface area contributed by atoms with Gasteiger partial charge >= 0.3 is 0 Å². The number of benzene rings is 2. The molecule has 0 aliphatic rings. The highest BCUT2D eigenvalue weighted by molar-refractivity contribution is 8.25. The summed E-state index contributed by atoms with van der Waals surface area (Å²) in [5.74, 6) is 8.29. The number of halogens is 1. The lowest BCUT2D eigenvalue weighted by Gasteiger charge is -2.12. The third-order valence-electron chi connectivity index (χ3n) is 7.51. The molecule has 0 atom stereocenters. The van der Waals surface area contributed by atoms with Gasteiger partial charge in [-0.05, 0) is 64.9 Å². The minimum atomic E-state index is -1.45. The van der Waals surface area contributed by atoms with Crippen LogP contribution in [0.4, 0.5) is 4.39 Å². The summed E-state index contributed by atoms with van der Waals surface area (Å²) in [4.78, 5) is 22.1. The first-order valence-corrected chi connectivity index (χ1v) is 17.0. The van der Waals surface area contributed by atoms with Gasteiger partial charge in [0.1, 0.15) is 11.3 Å². The van der Waals surface area contributed by atoms with E-state index in [9.17, 15) is 4.39 Å². The first kappa shape index (κ1) is 29.5.